The van der Waals surface area contributed by atoms with Gasteiger partial charge in [0.1, 0.15) is 0 Å². The van der Waals surface area contributed by atoms with E-state index < -0.39 is 7.80 Å². The van der Waals surface area contributed by atoms with Crippen LogP contribution in [0.2, 0.25) is 0 Å². The van der Waals surface area contributed by atoms with E-state index in [9.17, 15) is 0 Å². The lowest BCUT2D eigenvalue weighted by Crippen LogP contribution is -2.14. The van der Waals surface area contributed by atoms with Crippen molar-refractivity contribution in [3.05, 3.63) is 0 Å². The summed E-state index contributed by atoms with van der Waals surface area (Å²) in [6.45, 7) is 0. The fraction of sp³-hybridized carbons (Fsp3) is 1.00. The number of rotatable bonds is 1. The monoisotopic (exact) mass is 311 g/mol. The number of hydrogen-bond donors (Lipinski definition) is 1. The van der Waals surface area contributed by atoms with Crippen LogP contribution in [0.5, 0.6) is 0 Å². The third kappa shape index (κ3) is 5.95. The van der Waals surface area contributed by atoms with Crippen LogP contribution in [0.1, 0.15) is 0 Å². The fourth-order valence-electron chi connectivity index (χ4n) is 0. The Morgan fingerprint density at radius 1 is 1.60 bits per heavy atom. The van der Waals surface area contributed by atoms with Gasteiger partial charge in [0, 0.05) is 0 Å². The predicted octanol–water partition coefficient (Wildman–Crippen LogP) is 1.06. The molecular weight excluding hydrogens is 307 g/mol. The minimum absolute atomic E-state index is 0.460. The summed E-state index contributed by atoms with van der Waals surface area (Å²) in [4.78, 5) is 0. The third-order valence-corrected chi connectivity index (χ3v) is 4.39. The molecule has 1 N–H and O–H groups in total. The first-order valence-corrected chi connectivity index (χ1v) is 10.1. The van der Waals surface area contributed by atoms with Crippen LogP contribution in [0, 0.1) is 0 Å². The van der Waals surface area contributed by atoms with Crippen molar-refractivity contribution in [1.29, 1.82) is 0 Å². The molecule has 0 bridgehead atoms. The van der Waals surface area contributed by atoms with E-state index in [4.69, 9.17) is 0 Å². The molecular formula is CH4AlI2N. The fourth-order valence-corrected chi connectivity index (χ4v) is 0. The molecule has 0 unspecified atom stereocenters. The summed E-state index contributed by atoms with van der Waals surface area (Å²) in [6.07, 6.45) is 0. The molecule has 0 aromatic heterocycles. The first-order valence-electron chi connectivity index (χ1n) is 1.23. The maximum Gasteiger partial charge on any atom is 0.547 e. The highest BCUT2D eigenvalue weighted by molar-refractivity contribution is 14.3. The molecule has 0 aliphatic rings. The van der Waals surface area contributed by atoms with E-state index in [0.717, 1.165) is 0 Å². The average molecular weight is 311 g/mol. The van der Waals surface area contributed by atoms with Crippen molar-refractivity contribution in [3.8, 4) is 0 Å². The van der Waals surface area contributed by atoms with Crippen LogP contribution in [0.4, 0.5) is 0 Å². The lowest BCUT2D eigenvalue weighted by atomic mass is 11.6. The van der Waals surface area contributed by atoms with E-state index >= 15 is 0 Å². The van der Waals surface area contributed by atoms with Crippen molar-refractivity contribution < 1.29 is 0 Å². The Morgan fingerprint density at radius 3 is 1.80 bits per heavy atom. The highest BCUT2D eigenvalue weighted by atomic mass is 127. The molecule has 0 saturated heterocycles. The second kappa shape index (κ2) is 4.12. The Labute approximate surface area is 58.8 Å². The molecule has 0 fully saturated rings. The van der Waals surface area contributed by atoms with Crippen molar-refractivity contribution in [2.45, 2.75) is 0 Å². The van der Waals surface area contributed by atoms with Gasteiger partial charge in [-0.2, -0.15) is 40.5 Å². The van der Waals surface area contributed by atoms with Gasteiger partial charge in [-0.15, -0.1) is 0 Å². The van der Waals surface area contributed by atoms with Crippen LogP contribution in [-0.4, -0.2) is 14.9 Å². The van der Waals surface area contributed by atoms with Gasteiger partial charge in [-0.3, -0.25) is 0 Å². The summed E-state index contributed by atoms with van der Waals surface area (Å²) < 4.78 is 3.14. The first kappa shape index (κ1) is 6.95. The quantitative estimate of drug-likeness (QED) is 0.564. The molecule has 0 aromatic carbocycles. The van der Waals surface area contributed by atoms with Crippen molar-refractivity contribution >= 4 is 48.3 Å². The van der Waals surface area contributed by atoms with E-state index in [1.807, 2.05) is 7.05 Å². The molecule has 0 saturated carbocycles. The maximum absolute atomic E-state index is 3.14. The van der Waals surface area contributed by atoms with Crippen LogP contribution in [-0.2, 0) is 0 Å². The zero-order chi connectivity index (χ0) is 4.28. The van der Waals surface area contributed by atoms with E-state index in [0.29, 0.717) is 0 Å². The molecule has 0 aromatic rings. The lowest BCUT2D eigenvalue weighted by Gasteiger charge is -1.81. The van der Waals surface area contributed by atoms with Gasteiger partial charge in [0.05, 0.1) is 0 Å². The Balaban J connectivity index is 2.54. The number of nitrogens with one attached hydrogen (secondary N) is 1. The maximum atomic E-state index is 3.14. The van der Waals surface area contributed by atoms with E-state index in [1.54, 1.807) is 0 Å². The molecule has 30 valence electrons. The van der Waals surface area contributed by atoms with Gasteiger partial charge in [0.15, 0.2) is 0 Å². The smallest absolute Gasteiger partial charge is 0.384 e. The van der Waals surface area contributed by atoms with Gasteiger partial charge in [0.25, 0.3) is 0 Å². The molecule has 0 rings (SSSR count). The van der Waals surface area contributed by atoms with E-state index in [2.05, 4.69) is 44.8 Å². The van der Waals surface area contributed by atoms with E-state index in [-0.39, 0.29) is 0 Å². The zero-order valence-corrected chi connectivity index (χ0v) is 8.30. The highest BCUT2D eigenvalue weighted by Gasteiger charge is 2.00. The Hall–Kier alpha value is 1.95. The van der Waals surface area contributed by atoms with Crippen LogP contribution in [0.3, 0.4) is 0 Å². The summed E-state index contributed by atoms with van der Waals surface area (Å²) >= 11 is 4.84. The van der Waals surface area contributed by atoms with Crippen molar-refractivity contribution in [3.63, 3.8) is 0 Å². The number of hydrogen-bond acceptors (Lipinski definition) is 1. The minimum Gasteiger partial charge on any atom is -0.384 e. The van der Waals surface area contributed by atoms with E-state index in [1.165, 1.54) is 0 Å². The summed E-state index contributed by atoms with van der Waals surface area (Å²) in [7, 11) is 1.54. The van der Waals surface area contributed by atoms with Gasteiger partial charge in [0.2, 0.25) is 0 Å². The van der Waals surface area contributed by atoms with Gasteiger partial charge in [-0.1, -0.05) is 0 Å². The Kier molecular flexibility index (Phi) is 5.73. The molecule has 0 heterocycles. The molecule has 0 atom stereocenters. The van der Waals surface area contributed by atoms with Crippen LogP contribution < -0.4 is 4.30 Å². The van der Waals surface area contributed by atoms with Crippen molar-refractivity contribution in [2.24, 2.45) is 0 Å². The molecule has 4 heteroatoms. The molecule has 0 aliphatic carbocycles. The second-order valence-electron chi connectivity index (χ2n) is 0.589. The van der Waals surface area contributed by atoms with Gasteiger partial charge in [-0.25, -0.2) is 0 Å². The van der Waals surface area contributed by atoms with Crippen LogP contribution in [0.15, 0.2) is 0 Å². The van der Waals surface area contributed by atoms with Crippen LogP contribution in [0.25, 0.3) is 0 Å². The SMILES string of the molecule is C[NH][Al]([I])[I]. The second-order valence-corrected chi connectivity index (χ2v) is 16.4. The lowest BCUT2D eigenvalue weighted by molar-refractivity contribution is 1.27. The minimum atomic E-state index is -0.460. The largest absolute Gasteiger partial charge is 0.547 e. The Morgan fingerprint density at radius 2 is 1.80 bits per heavy atom. The van der Waals surface area contributed by atoms with Crippen molar-refractivity contribution in [2.75, 3.05) is 7.05 Å². The molecule has 0 amide bonds. The summed E-state index contributed by atoms with van der Waals surface area (Å²) in [5.41, 5.74) is 0. The summed E-state index contributed by atoms with van der Waals surface area (Å²) in [5, 5.41) is 0. The third-order valence-electron chi connectivity index (χ3n) is 0.218. The molecule has 5 heavy (non-hydrogen) atoms. The standard InChI is InChI=1S/CH4N.Al.2HI/c1-2;;;/h2H,1H3;;2*1H/q-1;+3;;/p-2. The molecule has 0 spiro atoms. The van der Waals surface area contributed by atoms with Gasteiger partial charge in [-0.05, 0) is 7.05 Å². The van der Waals surface area contributed by atoms with Crippen molar-refractivity contribution in [1.82, 2.24) is 4.30 Å². The number of halogens is 2. The average Bonchev–Trinajstić information content (AvgIpc) is 1.38. The van der Waals surface area contributed by atoms with Gasteiger partial charge < -0.3 is 4.30 Å². The normalized spacial score (nSPS) is 7.80. The summed E-state index contributed by atoms with van der Waals surface area (Å²) in [5.74, 6) is 0. The molecule has 1 nitrogen and oxygen atoms in total. The topological polar surface area (TPSA) is 12.0 Å². The predicted molar refractivity (Wildman–Crippen MR) is 42.9 cm³/mol. The van der Waals surface area contributed by atoms with Gasteiger partial charge >= 0.3 is 7.80 Å². The first-order chi connectivity index (χ1) is 2.27. The van der Waals surface area contributed by atoms with Crippen LogP contribution >= 0.6 is 40.5 Å². The molecule has 0 aliphatic heterocycles. The summed E-state index contributed by atoms with van der Waals surface area (Å²) in [6, 6.07) is 0. The zero-order valence-electron chi connectivity index (χ0n) is 2.83. The molecule has 0 radical (unpaired) electrons. The highest BCUT2D eigenvalue weighted by Crippen LogP contribution is 1.95. The Bertz CT molecular complexity index is 23.6.